The number of carbonyl (C=O) groups is 1. The minimum atomic E-state index is -0.402. The van der Waals surface area contributed by atoms with Gasteiger partial charge in [-0.2, -0.15) is 0 Å². The molecule has 2 heteroatoms. The van der Waals surface area contributed by atoms with Crippen molar-refractivity contribution in [2.75, 3.05) is 0 Å². The third kappa shape index (κ3) is 8.96. The van der Waals surface area contributed by atoms with Crippen LogP contribution in [0.2, 0.25) is 0 Å². The Morgan fingerprint density at radius 3 is 2.29 bits per heavy atom. The van der Waals surface area contributed by atoms with Gasteiger partial charge in [0.05, 0.1) is 5.92 Å². The summed E-state index contributed by atoms with van der Waals surface area (Å²) in [5.41, 5.74) is -0.402. The number of carbonyl (C=O) groups excluding carboxylic acids is 1. The minimum absolute atomic E-state index is 0.136. The Hall–Kier alpha value is -0.790. The normalized spacial score (nSPS) is 13.2. The molecule has 1 atom stereocenters. The van der Waals surface area contributed by atoms with E-state index < -0.39 is 5.60 Å². The fourth-order valence-electron chi connectivity index (χ4n) is 1.68. The molecule has 0 aromatic heterocycles. The lowest BCUT2D eigenvalue weighted by Crippen LogP contribution is -2.28. The summed E-state index contributed by atoms with van der Waals surface area (Å²) in [6.07, 6.45) is 8.64. The van der Waals surface area contributed by atoms with Crippen LogP contribution in [-0.4, -0.2) is 11.6 Å². The van der Waals surface area contributed by atoms with Crippen molar-refractivity contribution in [3.63, 3.8) is 0 Å². The molecule has 0 saturated carbocycles. The maximum absolute atomic E-state index is 11.8. The third-order valence-electron chi connectivity index (χ3n) is 2.61. The zero-order valence-corrected chi connectivity index (χ0v) is 11.9. The molecular weight excluding hydrogens is 212 g/mol. The summed E-state index contributed by atoms with van der Waals surface area (Å²) in [6, 6.07) is 0. The van der Waals surface area contributed by atoms with Crippen molar-refractivity contribution in [3.05, 3.63) is 12.7 Å². The second kappa shape index (κ2) is 8.32. The molecule has 0 bridgehead atoms. The van der Waals surface area contributed by atoms with E-state index in [0.29, 0.717) is 0 Å². The topological polar surface area (TPSA) is 26.3 Å². The molecule has 0 aliphatic carbocycles. The Bertz CT molecular complexity index is 226. The Kier molecular flexibility index (Phi) is 7.94. The molecule has 0 heterocycles. The Morgan fingerprint density at radius 2 is 1.82 bits per heavy atom. The summed E-state index contributed by atoms with van der Waals surface area (Å²) in [4.78, 5) is 11.8. The summed E-state index contributed by atoms with van der Waals surface area (Å²) >= 11 is 0. The molecule has 1 unspecified atom stereocenters. The number of rotatable bonds is 8. The summed E-state index contributed by atoms with van der Waals surface area (Å²) in [5.74, 6) is -0.279. The van der Waals surface area contributed by atoms with Crippen LogP contribution in [0.3, 0.4) is 0 Å². The smallest absolute Gasteiger partial charge is 0.313 e. The molecule has 0 fully saturated rings. The molecule has 0 saturated heterocycles. The first-order valence-electron chi connectivity index (χ1n) is 6.76. The highest BCUT2D eigenvalue weighted by Crippen LogP contribution is 2.17. The monoisotopic (exact) mass is 240 g/mol. The molecule has 17 heavy (non-hydrogen) atoms. The largest absolute Gasteiger partial charge is 0.460 e. The molecular formula is C15H28O2. The standard InChI is InChI=1S/C15H28O2/c1-6-8-9-10-11-12-13(7-2)14(16)17-15(3,4)5/h7,13H,2,6,8-12H2,1,3-5H3. The first-order chi connectivity index (χ1) is 7.90. The molecule has 100 valence electrons. The lowest BCUT2D eigenvalue weighted by Gasteiger charge is -2.22. The van der Waals surface area contributed by atoms with Gasteiger partial charge in [-0.3, -0.25) is 4.79 Å². The number of hydrogen-bond donors (Lipinski definition) is 0. The molecule has 2 nitrogen and oxygen atoms in total. The molecule has 0 N–H and O–H groups in total. The maximum Gasteiger partial charge on any atom is 0.313 e. The average molecular weight is 240 g/mol. The third-order valence-corrected chi connectivity index (χ3v) is 2.61. The fraction of sp³-hybridized carbons (Fsp3) is 0.800. The first-order valence-corrected chi connectivity index (χ1v) is 6.76. The van der Waals surface area contributed by atoms with Crippen molar-refractivity contribution >= 4 is 5.97 Å². The molecule has 0 radical (unpaired) electrons. The summed E-state index contributed by atoms with van der Waals surface area (Å²) in [7, 11) is 0. The van der Waals surface area contributed by atoms with E-state index in [1.165, 1.54) is 25.7 Å². The van der Waals surface area contributed by atoms with Crippen molar-refractivity contribution < 1.29 is 9.53 Å². The molecule has 0 spiro atoms. The van der Waals surface area contributed by atoms with Gasteiger partial charge in [-0.1, -0.05) is 45.1 Å². The van der Waals surface area contributed by atoms with E-state index in [-0.39, 0.29) is 11.9 Å². The van der Waals surface area contributed by atoms with Gasteiger partial charge in [0.15, 0.2) is 0 Å². The predicted octanol–water partition coefficient (Wildman–Crippen LogP) is 4.49. The van der Waals surface area contributed by atoms with Crippen LogP contribution < -0.4 is 0 Å². The second-order valence-corrected chi connectivity index (χ2v) is 5.58. The number of unbranched alkanes of at least 4 members (excludes halogenated alkanes) is 4. The highest BCUT2D eigenvalue weighted by molar-refractivity contribution is 5.74. The van der Waals surface area contributed by atoms with Crippen LogP contribution in [0.5, 0.6) is 0 Å². The lowest BCUT2D eigenvalue weighted by molar-refractivity contribution is -0.158. The van der Waals surface area contributed by atoms with Gasteiger partial charge < -0.3 is 4.74 Å². The van der Waals surface area contributed by atoms with Crippen molar-refractivity contribution in [2.45, 2.75) is 71.8 Å². The van der Waals surface area contributed by atoms with Gasteiger partial charge in [0.2, 0.25) is 0 Å². The van der Waals surface area contributed by atoms with Crippen LogP contribution in [0.1, 0.15) is 66.2 Å². The maximum atomic E-state index is 11.8. The van der Waals surface area contributed by atoms with Crippen molar-refractivity contribution in [2.24, 2.45) is 5.92 Å². The molecule has 0 aromatic rings. The minimum Gasteiger partial charge on any atom is -0.460 e. The Morgan fingerprint density at radius 1 is 1.24 bits per heavy atom. The van der Waals surface area contributed by atoms with E-state index in [1.807, 2.05) is 20.8 Å². The fourth-order valence-corrected chi connectivity index (χ4v) is 1.68. The molecule has 0 aliphatic rings. The van der Waals surface area contributed by atoms with Crippen LogP contribution in [0.4, 0.5) is 0 Å². The van der Waals surface area contributed by atoms with Crippen LogP contribution in [-0.2, 0) is 9.53 Å². The quantitative estimate of drug-likeness (QED) is 0.355. The summed E-state index contributed by atoms with van der Waals surface area (Å²) in [5, 5.41) is 0. The summed E-state index contributed by atoms with van der Waals surface area (Å²) in [6.45, 7) is 11.6. The van der Waals surface area contributed by atoms with E-state index >= 15 is 0 Å². The van der Waals surface area contributed by atoms with Crippen LogP contribution in [0.25, 0.3) is 0 Å². The van der Waals surface area contributed by atoms with Crippen LogP contribution >= 0.6 is 0 Å². The molecule has 0 rings (SSSR count). The van der Waals surface area contributed by atoms with Gasteiger partial charge >= 0.3 is 5.97 Å². The van der Waals surface area contributed by atoms with Crippen molar-refractivity contribution in [1.29, 1.82) is 0 Å². The predicted molar refractivity (Wildman–Crippen MR) is 72.9 cm³/mol. The molecule has 0 aromatic carbocycles. The SMILES string of the molecule is C=CC(CCCCCCC)C(=O)OC(C)(C)C. The zero-order chi connectivity index (χ0) is 13.3. The van der Waals surface area contributed by atoms with Crippen molar-refractivity contribution in [1.82, 2.24) is 0 Å². The number of esters is 1. The summed E-state index contributed by atoms with van der Waals surface area (Å²) < 4.78 is 5.36. The van der Waals surface area contributed by atoms with E-state index in [9.17, 15) is 4.79 Å². The molecule has 0 aliphatic heterocycles. The second-order valence-electron chi connectivity index (χ2n) is 5.58. The highest BCUT2D eigenvalue weighted by Gasteiger charge is 2.22. The van der Waals surface area contributed by atoms with E-state index in [2.05, 4.69) is 13.5 Å². The van der Waals surface area contributed by atoms with Gasteiger partial charge in [0.1, 0.15) is 5.60 Å². The molecule has 0 amide bonds. The van der Waals surface area contributed by atoms with E-state index in [1.54, 1.807) is 6.08 Å². The van der Waals surface area contributed by atoms with Crippen LogP contribution in [0, 0.1) is 5.92 Å². The number of ether oxygens (including phenoxy) is 1. The van der Waals surface area contributed by atoms with Crippen molar-refractivity contribution in [3.8, 4) is 0 Å². The first kappa shape index (κ1) is 16.2. The van der Waals surface area contributed by atoms with Gasteiger partial charge in [-0.15, -0.1) is 6.58 Å². The van der Waals surface area contributed by atoms with Gasteiger partial charge in [-0.05, 0) is 27.2 Å². The lowest BCUT2D eigenvalue weighted by atomic mass is 10.0. The van der Waals surface area contributed by atoms with Gasteiger partial charge in [0.25, 0.3) is 0 Å². The Balaban J connectivity index is 3.90. The van der Waals surface area contributed by atoms with Crippen LogP contribution in [0.15, 0.2) is 12.7 Å². The van der Waals surface area contributed by atoms with Gasteiger partial charge in [-0.25, -0.2) is 0 Å². The van der Waals surface area contributed by atoms with Gasteiger partial charge in [0, 0.05) is 0 Å². The Labute approximate surface area is 106 Å². The highest BCUT2D eigenvalue weighted by atomic mass is 16.6. The average Bonchev–Trinajstić information content (AvgIpc) is 2.20. The zero-order valence-electron chi connectivity index (χ0n) is 11.9. The van der Waals surface area contributed by atoms with E-state index in [4.69, 9.17) is 4.74 Å². The number of hydrogen-bond acceptors (Lipinski definition) is 2. The van der Waals surface area contributed by atoms with E-state index in [0.717, 1.165) is 12.8 Å².